The predicted molar refractivity (Wildman–Crippen MR) is 78.7 cm³/mol. The van der Waals surface area contributed by atoms with Crippen LogP contribution in [0.25, 0.3) is 0 Å². The lowest BCUT2D eigenvalue weighted by Crippen LogP contribution is -2.49. The smallest absolute Gasteiger partial charge is 0.317 e. The number of nitrogens with zero attached hydrogens (tertiary/aromatic N) is 2. The normalized spacial score (nSPS) is 19.8. The summed E-state index contributed by atoms with van der Waals surface area (Å²) >= 11 is 0. The largest absolute Gasteiger partial charge is 0.322 e. The van der Waals surface area contributed by atoms with Crippen molar-refractivity contribution in [1.29, 1.82) is 0 Å². The molecule has 5 nitrogen and oxygen atoms in total. The molecule has 2 heterocycles. The molecular formula is C15H23N3O2. The van der Waals surface area contributed by atoms with Gasteiger partial charge < -0.3 is 15.4 Å². The van der Waals surface area contributed by atoms with Gasteiger partial charge in [-0.2, -0.15) is 5.06 Å². The lowest BCUT2D eigenvalue weighted by molar-refractivity contribution is -0.113. The van der Waals surface area contributed by atoms with Gasteiger partial charge in [-0.25, -0.2) is 4.79 Å². The first-order valence-corrected chi connectivity index (χ1v) is 7.33. The zero-order valence-corrected chi connectivity index (χ0v) is 12.2. The van der Waals surface area contributed by atoms with Crippen LogP contribution in [-0.2, 0) is 6.54 Å². The Labute approximate surface area is 120 Å². The molecular weight excluding hydrogens is 254 g/mol. The number of hydrogen-bond donors (Lipinski definition) is 2. The summed E-state index contributed by atoms with van der Waals surface area (Å²) in [6, 6.07) is 8.10. The van der Waals surface area contributed by atoms with Crippen LogP contribution in [0.2, 0.25) is 0 Å². The number of carbonyl (C=O) groups is 1. The lowest BCUT2D eigenvalue weighted by Gasteiger charge is -2.39. The van der Waals surface area contributed by atoms with Crippen molar-refractivity contribution in [3.05, 3.63) is 29.8 Å². The number of anilines is 1. The highest BCUT2D eigenvalue weighted by atomic mass is 16.5. The first-order chi connectivity index (χ1) is 9.74. The third-order valence-corrected chi connectivity index (χ3v) is 3.74. The molecule has 0 bridgehead atoms. The molecule has 1 fully saturated rings. The number of benzene rings is 1. The second-order valence-corrected chi connectivity index (χ2v) is 4.90. The third kappa shape index (κ3) is 3.11. The summed E-state index contributed by atoms with van der Waals surface area (Å²) in [4.78, 5) is 14.0. The Morgan fingerprint density at radius 2 is 1.85 bits per heavy atom. The number of fused-ring (bicyclic) bond motifs is 1. The predicted octanol–water partition coefficient (Wildman–Crippen LogP) is 2.91. The van der Waals surface area contributed by atoms with Crippen LogP contribution < -0.4 is 5.32 Å². The van der Waals surface area contributed by atoms with E-state index in [-0.39, 0.29) is 12.1 Å². The van der Waals surface area contributed by atoms with Crippen LogP contribution in [0.15, 0.2) is 24.3 Å². The molecule has 2 aliphatic rings. The maximum atomic E-state index is 12.1. The van der Waals surface area contributed by atoms with Gasteiger partial charge in [-0.3, -0.25) is 0 Å². The number of amides is 2. The van der Waals surface area contributed by atoms with E-state index in [4.69, 9.17) is 0 Å². The molecule has 1 saturated heterocycles. The van der Waals surface area contributed by atoms with E-state index in [2.05, 4.69) is 5.32 Å². The molecule has 2 N–H and O–H groups in total. The molecule has 0 spiro atoms. The second kappa shape index (κ2) is 6.72. The van der Waals surface area contributed by atoms with Crippen LogP contribution in [0.3, 0.4) is 0 Å². The Morgan fingerprint density at radius 3 is 2.55 bits per heavy atom. The maximum absolute atomic E-state index is 12.1. The summed E-state index contributed by atoms with van der Waals surface area (Å²) in [7, 11) is 0. The molecule has 110 valence electrons. The standard InChI is InChI=1S/C13H17N3O2.C2H6/c17-13-14-12-4-2-1-3-10(12)9-16(13)11-5-7-15(18)8-6-11;1-2/h1-4,11,18H,5-9H2,(H,14,17);1-2H3. The molecule has 0 atom stereocenters. The van der Waals surface area contributed by atoms with E-state index < -0.39 is 0 Å². The number of hydroxylamine groups is 2. The maximum Gasteiger partial charge on any atom is 0.322 e. The Hall–Kier alpha value is -1.59. The van der Waals surface area contributed by atoms with Gasteiger partial charge in [-0.15, -0.1) is 0 Å². The van der Waals surface area contributed by atoms with Crippen LogP contribution in [0.5, 0.6) is 0 Å². The average molecular weight is 277 g/mol. The molecule has 1 aromatic rings. The number of carbonyl (C=O) groups excluding carboxylic acids is 1. The number of urea groups is 1. The van der Waals surface area contributed by atoms with Crippen molar-refractivity contribution < 1.29 is 10.0 Å². The van der Waals surface area contributed by atoms with E-state index in [0.717, 1.165) is 24.1 Å². The van der Waals surface area contributed by atoms with Crippen molar-refractivity contribution in [2.24, 2.45) is 0 Å². The topological polar surface area (TPSA) is 55.8 Å². The van der Waals surface area contributed by atoms with Gasteiger partial charge >= 0.3 is 6.03 Å². The Balaban J connectivity index is 0.000000704. The number of para-hydroxylation sites is 1. The van der Waals surface area contributed by atoms with Crippen LogP contribution in [0.4, 0.5) is 10.5 Å². The van der Waals surface area contributed by atoms with Crippen molar-refractivity contribution in [2.75, 3.05) is 18.4 Å². The number of nitrogens with one attached hydrogen (secondary N) is 1. The molecule has 0 aliphatic carbocycles. The highest BCUT2D eigenvalue weighted by Crippen LogP contribution is 2.27. The van der Waals surface area contributed by atoms with Crippen LogP contribution in [-0.4, -0.2) is 40.3 Å². The van der Waals surface area contributed by atoms with Crippen molar-refractivity contribution in [2.45, 2.75) is 39.3 Å². The van der Waals surface area contributed by atoms with Gasteiger partial charge in [0, 0.05) is 31.4 Å². The molecule has 1 aromatic carbocycles. The first kappa shape index (κ1) is 14.8. The van der Waals surface area contributed by atoms with E-state index in [1.165, 1.54) is 5.06 Å². The van der Waals surface area contributed by atoms with E-state index in [1.807, 2.05) is 43.0 Å². The number of piperidine rings is 1. The van der Waals surface area contributed by atoms with Gasteiger partial charge in [-0.05, 0) is 24.5 Å². The molecule has 0 radical (unpaired) electrons. The molecule has 20 heavy (non-hydrogen) atoms. The molecule has 3 rings (SSSR count). The van der Waals surface area contributed by atoms with Crippen LogP contribution >= 0.6 is 0 Å². The number of hydrogen-bond acceptors (Lipinski definition) is 3. The lowest BCUT2D eigenvalue weighted by atomic mass is 10.0. The van der Waals surface area contributed by atoms with Gasteiger partial charge in [0.05, 0.1) is 0 Å². The van der Waals surface area contributed by atoms with Gasteiger partial charge in [0.25, 0.3) is 0 Å². The highest BCUT2D eigenvalue weighted by Gasteiger charge is 2.30. The Kier molecular flexibility index (Phi) is 4.98. The summed E-state index contributed by atoms with van der Waals surface area (Å²) in [6.07, 6.45) is 1.65. The summed E-state index contributed by atoms with van der Waals surface area (Å²) in [5, 5.41) is 13.6. The van der Waals surface area contributed by atoms with Gasteiger partial charge in [0.15, 0.2) is 0 Å². The van der Waals surface area contributed by atoms with E-state index >= 15 is 0 Å². The van der Waals surface area contributed by atoms with E-state index in [9.17, 15) is 10.0 Å². The monoisotopic (exact) mass is 277 g/mol. The Bertz CT molecular complexity index is 456. The molecule has 0 saturated carbocycles. The average Bonchev–Trinajstić information content (AvgIpc) is 2.49. The van der Waals surface area contributed by atoms with E-state index in [0.29, 0.717) is 19.6 Å². The second-order valence-electron chi connectivity index (χ2n) is 4.90. The molecule has 0 unspecified atom stereocenters. The molecule has 2 aliphatic heterocycles. The SMILES string of the molecule is CC.O=C1Nc2ccccc2CN1C1CCN(O)CC1. The fraction of sp³-hybridized carbons (Fsp3) is 0.533. The van der Waals surface area contributed by atoms with Crippen molar-refractivity contribution >= 4 is 11.7 Å². The summed E-state index contributed by atoms with van der Waals surface area (Å²) in [6.45, 7) is 5.93. The molecule has 0 aromatic heterocycles. The fourth-order valence-electron chi connectivity index (χ4n) is 2.68. The first-order valence-electron chi connectivity index (χ1n) is 7.33. The number of rotatable bonds is 1. The minimum atomic E-state index is -0.0231. The summed E-state index contributed by atoms with van der Waals surface area (Å²) in [5.41, 5.74) is 2.07. The quantitative estimate of drug-likeness (QED) is 0.830. The van der Waals surface area contributed by atoms with Gasteiger partial charge in [0.1, 0.15) is 0 Å². The van der Waals surface area contributed by atoms with Crippen molar-refractivity contribution in [3.8, 4) is 0 Å². The van der Waals surface area contributed by atoms with Crippen molar-refractivity contribution in [3.63, 3.8) is 0 Å². The molecule has 5 heteroatoms. The van der Waals surface area contributed by atoms with Crippen LogP contribution in [0.1, 0.15) is 32.3 Å². The zero-order chi connectivity index (χ0) is 14.5. The highest BCUT2D eigenvalue weighted by molar-refractivity contribution is 5.92. The minimum Gasteiger partial charge on any atom is -0.317 e. The minimum absolute atomic E-state index is 0.0231. The van der Waals surface area contributed by atoms with Crippen molar-refractivity contribution in [1.82, 2.24) is 9.96 Å². The van der Waals surface area contributed by atoms with E-state index in [1.54, 1.807) is 0 Å². The summed E-state index contributed by atoms with van der Waals surface area (Å²) in [5.74, 6) is 0. The third-order valence-electron chi connectivity index (χ3n) is 3.74. The molecule has 2 amide bonds. The van der Waals surface area contributed by atoms with Gasteiger partial charge in [-0.1, -0.05) is 32.0 Å². The van der Waals surface area contributed by atoms with Crippen LogP contribution in [0, 0.1) is 0 Å². The summed E-state index contributed by atoms with van der Waals surface area (Å²) < 4.78 is 0. The fourth-order valence-corrected chi connectivity index (χ4v) is 2.68. The Morgan fingerprint density at radius 1 is 1.20 bits per heavy atom. The van der Waals surface area contributed by atoms with Gasteiger partial charge in [0.2, 0.25) is 0 Å². The zero-order valence-electron chi connectivity index (χ0n) is 12.2.